The third-order valence-electron chi connectivity index (χ3n) is 4.24. The molecule has 0 radical (unpaired) electrons. The van der Waals surface area contributed by atoms with Crippen molar-refractivity contribution in [3.8, 4) is 0 Å². The van der Waals surface area contributed by atoms with Crippen LogP contribution in [0, 0.1) is 12.8 Å². The van der Waals surface area contributed by atoms with Crippen molar-refractivity contribution >= 4 is 37.1 Å². The number of aryl methyl sites for hydroxylation is 1. The van der Waals surface area contributed by atoms with Crippen LogP contribution in [0.4, 0.5) is 0 Å². The third-order valence-corrected chi connectivity index (χ3v) is 8.10. The zero-order valence-corrected chi connectivity index (χ0v) is 15.4. The Morgan fingerprint density at radius 1 is 1.45 bits per heavy atom. The highest BCUT2D eigenvalue weighted by molar-refractivity contribution is 9.11. The Kier molecular flexibility index (Phi) is 5.32. The molecule has 0 aliphatic heterocycles. The number of hydrogen-bond donors (Lipinski definition) is 1. The SMILES string of the molecule is CNC(c1cc(C)c(Br)s1)C1CCCC(S(C)(=O)=O)C1. The van der Waals surface area contributed by atoms with Gasteiger partial charge in [-0.15, -0.1) is 11.3 Å². The van der Waals surface area contributed by atoms with Gasteiger partial charge >= 0.3 is 0 Å². The van der Waals surface area contributed by atoms with Crippen LogP contribution in [-0.2, 0) is 9.84 Å². The maximum Gasteiger partial charge on any atom is 0.150 e. The second-order valence-electron chi connectivity index (χ2n) is 5.75. The van der Waals surface area contributed by atoms with Gasteiger partial charge in [0.1, 0.15) is 9.84 Å². The van der Waals surface area contributed by atoms with Crippen molar-refractivity contribution in [1.82, 2.24) is 5.32 Å². The van der Waals surface area contributed by atoms with Crippen molar-refractivity contribution in [2.45, 2.75) is 43.9 Å². The molecular formula is C14H22BrNO2S2. The Labute approximate surface area is 134 Å². The van der Waals surface area contributed by atoms with Gasteiger partial charge in [0.2, 0.25) is 0 Å². The molecule has 114 valence electrons. The third kappa shape index (κ3) is 3.64. The normalized spacial score (nSPS) is 25.6. The summed E-state index contributed by atoms with van der Waals surface area (Å²) in [6, 6.07) is 2.47. The summed E-state index contributed by atoms with van der Waals surface area (Å²) < 4.78 is 24.8. The topological polar surface area (TPSA) is 46.2 Å². The largest absolute Gasteiger partial charge is 0.312 e. The summed E-state index contributed by atoms with van der Waals surface area (Å²) in [5.74, 6) is 0.401. The van der Waals surface area contributed by atoms with Crippen molar-refractivity contribution in [2.75, 3.05) is 13.3 Å². The van der Waals surface area contributed by atoms with E-state index >= 15 is 0 Å². The zero-order chi connectivity index (χ0) is 14.9. The minimum absolute atomic E-state index is 0.165. The summed E-state index contributed by atoms with van der Waals surface area (Å²) in [4.78, 5) is 1.30. The number of sulfone groups is 1. The van der Waals surface area contributed by atoms with E-state index in [0.29, 0.717) is 5.92 Å². The van der Waals surface area contributed by atoms with Gasteiger partial charge in [-0.2, -0.15) is 0 Å². The van der Waals surface area contributed by atoms with Crippen LogP contribution >= 0.6 is 27.3 Å². The summed E-state index contributed by atoms with van der Waals surface area (Å²) in [6.45, 7) is 2.09. The van der Waals surface area contributed by atoms with E-state index in [2.05, 4.69) is 34.2 Å². The predicted molar refractivity (Wildman–Crippen MR) is 89.1 cm³/mol. The monoisotopic (exact) mass is 379 g/mol. The first-order chi connectivity index (χ1) is 9.32. The van der Waals surface area contributed by atoms with E-state index < -0.39 is 9.84 Å². The first kappa shape index (κ1) is 16.5. The fourth-order valence-electron chi connectivity index (χ4n) is 3.12. The number of halogens is 1. The maximum atomic E-state index is 11.8. The fraction of sp³-hybridized carbons (Fsp3) is 0.714. The van der Waals surface area contributed by atoms with Gasteiger partial charge in [-0.1, -0.05) is 6.42 Å². The first-order valence-corrected chi connectivity index (χ1v) is 10.5. The zero-order valence-electron chi connectivity index (χ0n) is 12.1. The molecule has 3 atom stereocenters. The Morgan fingerprint density at radius 2 is 2.15 bits per heavy atom. The van der Waals surface area contributed by atoms with Gasteiger partial charge in [-0.3, -0.25) is 0 Å². The lowest BCUT2D eigenvalue weighted by Crippen LogP contribution is -2.34. The standard InChI is InChI=1S/C14H22BrNO2S2/c1-9-7-12(19-14(9)15)13(16-2)10-5-4-6-11(8-10)20(3,17)18/h7,10-11,13,16H,4-6,8H2,1-3H3. The van der Waals surface area contributed by atoms with Crippen molar-refractivity contribution in [3.05, 3.63) is 20.3 Å². The number of rotatable bonds is 4. The predicted octanol–water partition coefficient (Wildman–Crippen LogP) is 3.68. The van der Waals surface area contributed by atoms with Crippen molar-refractivity contribution < 1.29 is 8.42 Å². The van der Waals surface area contributed by atoms with Gasteiger partial charge in [-0.25, -0.2) is 8.42 Å². The molecular weight excluding hydrogens is 358 g/mol. The molecule has 1 heterocycles. The highest BCUT2D eigenvalue weighted by Crippen LogP contribution is 2.40. The van der Waals surface area contributed by atoms with E-state index in [9.17, 15) is 8.42 Å². The molecule has 1 aliphatic carbocycles. The lowest BCUT2D eigenvalue weighted by molar-refractivity contribution is 0.285. The van der Waals surface area contributed by atoms with Gasteiger partial charge in [0.25, 0.3) is 0 Å². The molecule has 2 rings (SSSR count). The molecule has 1 N–H and O–H groups in total. The first-order valence-electron chi connectivity index (χ1n) is 6.95. The van der Waals surface area contributed by atoms with Gasteiger partial charge in [0, 0.05) is 17.2 Å². The molecule has 1 fully saturated rings. The van der Waals surface area contributed by atoms with Crippen LogP contribution in [0.3, 0.4) is 0 Å². The molecule has 20 heavy (non-hydrogen) atoms. The second-order valence-corrected chi connectivity index (χ2v) is 10.5. The molecule has 0 bridgehead atoms. The van der Waals surface area contributed by atoms with E-state index in [-0.39, 0.29) is 11.3 Å². The molecule has 0 amide bonds. The van der Waals surface area contributed by atoms with E-state index in [0.717, 1.165) is 25.7 Å². The van der Waals surface area contributed by atoms with Crippen LogP contribution in [0.15, 0.2) is 9.85 Å². The average Bonchev–Trinajstić information content (AvgIpc) is 2.69. The van der Waals surface area contributed by atoms with Gasteiger partial charge in [-0.05, 0) is 66.7 Å². The van der Waals surface area contributed by atoms with E-state index in [4.69, 9.17) is 0 Å². The van der Waals surface area contributed by atoms with Crippen LogP contribution in [0.2, 0.25) is 0 Å². The molecule has 0 saturated heterocycles. The number of nitrogens with one attached hydrogen (secondary N) is 1. The number of hydrogen-bond acceptors (Lipinski definition) is 4. The van der Waals surface area contributed by atoms with Gasteiger partial charge < -0.3 is 5.32 Å². The molecule has 1 aliphatic rings. The summed E-state index contributed by atoms with van der Waals surface area (Å²) >= 11 is 5.33. The molecule has 1 saturated carbocycles. The molecule has 3 unspecified atom stereocenters. The Bertz CT molecular complexity index is 548. The Hall–Kier alpha value is 0.0900. The van der Waals surface area contributed by atoms with Crippen LogP contribution in [-0.4, -0.2) is 27.0 Å². The van der Waals surface area contributed by atoms with Crippen LogP contribution < -0.4 is 5.32 Å². The van der Waals surface area contributed by atoms with Crippen LogP contribution in [0.5, 0.6) is 0 Å². The Balaban J connectivity index is 2.19. The molecule has 0 aromatic carbocycles. The Morgan fingerprint density at radius 3 is 2.65 bits per heavy atom. The molecule has 0 spiro atoms. The lowest BCUT2D eigenvalue weighted by atomic mass is 9.83. The van der Waals surface area contributed by atoms with Crippen molar-refractivity contribution in [1.29, 1.82) is 0 Å². The van der Waals surface area contributed by atoms with E-state index in [1.165, 1.54) is 20.5 Å². The maximum absolute atomic E-state index is 11.8. The molecule has 3 nitrogen and oxygen atoms in total. The second kappa shape index (κ2) is 6.46. The molecule has 1 aromatic heterocycles. The lowest BCUT2D eigenvalue weighted by Gasteiger charge is -2.33. The molecule has 6 heteroatoms. The summed E-state index contributed by atoms with van der Waals surface area (Å²) in [5, 5.41) is 3.23. The van der Waals surface area contributed by atoms with Crippen molar-refractivity contribution in [2.24, 2.45) is 5.92 Å². The summed E-state index contributed by atoms with van der Waals surface area (Å²) in [7, 11) is -0.949. The highest BCUT2D eigenvalue weighted by atomic mass is 79.9. The van der Waals surface area contributed by atoms with Gasteiger partial charge in [0.05, 0.1) is 9.04 Å². The minimum atomic E-state index is -2.92. The van der Waals surface area contributed by atoms with Crippen molar-refractivity contribution in [3.63, 3.8) is 0 Å². The average molecular weight is 380 g/mol. The summed E-state index contributed by atoms with van der Waals surface area (Å²) in [6.07, 6.45) is 5.08. The number of thiophene rings is 1. The van der Waals surface area contributed by atoms with E-state index in [1.807, 2.05) is 7.05 Å². The van der Waals surface area contributed by atoms with Crippen LogP contribution in [0.25, 0.3) is 0 Å². The minimum Gasteiger partial charge on any atom is -0.312 e. The van der Waals surface area contributed by atoms with Gasteiger partial charge in [0.15, 0.2) is 0 Å². The molecule has 1 aromatic rings. The van der Waals surface area contributed by atoms with Crippen LogP contribution in [0.1, 0.15) is 42.2 Å². The smallest absolute Gasteiger partial charge is 0.150 e. The fourth-order valence-corrected chi connectivity index (χ4v) is 6.09. The van der Waals surface area contributed by atoms with E-state index in [1.54, 1.807) is 11.3 Å². The highest BCUT2D eigenvalue weighted by Gasteiger charge is 2.33. The quantitative estimate of drug-likeness (QED) is 0.867. The summed E-state index contributed by atoms with van der Waals surface area (Å²) in [5.41, 5.74) is 1.25.